The van der Waals surface area contributed by atoms with Gasteiger partial charge >= 0.3 is 0 Å². The Labute approximate surface area is 105 Å². The highest BCUT2D eigenvalue weighted by atomic mass is 32.2. The molecule has 5 nitrogen and oxygen atoms in total. The third-order valence-corrected chi connectivity index (χ3v) is 3.46. The van der Waals surface area contributed by atoms with E-state index in [0.29, 0.717) is 17.0 Å². The summed E-state index contributed by atoms with van der Waals surface area (Å²) in [5.41, 5.74) is 6.37. The number of aromatic nitrogens is 2. The lowest BCUT2D eigenvalue weighted by molar-refractivity contribution is -0.119. The minimum absolute atomic E-state index is 0.294. The van der Waals surface area contributed by atoms with E-state index in [4.69, 9.17) is 5.73 Å². The van der Waals surface area contributed by atoms with Crippen molar-refractivity contribution in [1.82, 2.24) is 15.3 Å². The van der Waals surface area contributed by atoms with Crippen LogP contribution in [0.25, 0.3) is 0 Å². The van der Waals surface area contributed by atoms with Gasteiger partial charge in [-0.3, -0.25) is 4.79 Å². The Morgan fingerprint density at radius 1 is 1.59 bits per heavy atom. The first-order valence-corrected chi connectivity index (χ1v) is 6.60. The number of nitrogens with one attached hydrogen (secondary N) is 1. The van der Waals surface area contributed by atoms with Crippen LogP contribution in [0.4, 0.5) is 0 Å². The first-order chi connectivity index (χ1) is 8.15. The van der Waals surface area contributed by atoms with Crippen molar-refractivity contribution >= 4 is 17.7 Å². The highest BCUT2D eigenvalue weighted by Gasteiger charge is 2.27. The third-order valence-electron chi connectivity index (χ3n) is 2.49. The zero-order valence-corrected chi connectivity index (χ0v) is 10.5. The van der Waals surface area contributed by atoms with E-state index in [2.05, 4.69) is 15.3 Å². The molecule has 1 saturated carbocycles. The fourth-order valence-corrected chi connectivity index (χ4v) is 2.19. The molecule has 1 fully saturated rings. The molecule has 1 heterocycles. The molecule has 1 aliphatic rings. The highest BCUT2D eigenvalue weighted by molar-refractivity contribution is 7.99. The van der Waals surface area contributed by atoms with Gasteiger partial charge in [-0.1, -0.05) is 11.8 Å². The number of hydrogen-bond donors (Lipinski definition) is 2. The Hall–Kier alpha value is -1.14. The summed E-state index contributed by atoms with van der Waals surface area (Å²) in [6, 6.07) is 0.171. The van der Waals surface area contributed by atoms with Gasteiger partial charge in [-0.25, -0.2) is 9.97 Å². The largest absolute Gasteiger partial charge is 0.368 e. The van der Waals surface area contributed by atoms with Crippen molar-refractivity contribution in [3.8, 4) is 0 Å². The van der Waals surface area contributed by atoms with E-state index in [-0.39, 0.29) is 11.9 Å². The first-order valence-electron chi connectivity index (χ1n) is 5.62. The number of carbonyl (C=O) groups is 1. The predicted octanol–water partition coefficient (Wildman–Crippen LogP) is 0.483. The second-order valence-corrected chi connectivity index (χ2v) is 5.24. The van der Waals surface area contributed by atoms with Crippen LogP contribution in [0.15, 0.2) is 17.6 Å². The number of amides is 1. The fraction of sp³-hybridized carbons (Fsp3) is 0.545. The van der Waals surface area contributed by atoms with Gasteiger partial charge in [0, 0.05) is 24.2 Å². The standard InChI is InChI=1S/C11H16N4OS/c1-7-4-13-11(14-5-7)17-6-9(10(12)16)15-8-2-3-8/h4-5,8-9,15H,2-3,6H2,1H3,(H2,12,16). The van der Waals surface area contributed by atoms with Crippen LogP contribution in [0.5, 0.6) is 0 Å². The van der Waals surface area contributed by atoms with Gasteiger partial charge in [-0.05, 0) is 25.3 Å². The second kappa shape index (κ2) is 5.46. The van der Waals surface area contributed by atoms with Gasteiger partial charge in [0.05, 0.1) is 6.04 Å². The van der Waals surface area contributed by atoms with Crippen molar-refractivity contribution < 1.29 is 4.79 Å². The van der Waals surface area contributed by atoms with Crippen molar-refractivity contribution in [2.75, 3.05) is 5.75 Å². The van der Waals surface area contributed by atoms with E-state index in [1.54, 1.807) is 12.4 Å². The van der Waals surface area contributed by atoms with Crippen molar-refractivity contribution in [3.63, 3.8) is 0 Å². The summed E-state index contributed by atoms with van der Waals surface area (Å²) in [4.78, 5) is 19.6. The van der Waals surface area contributed by atoms with Crippen molar-refractivity contribution in [1.29, 1.82) is 0 Å². The average molecular weight is 252 g/mol. The van der Waals surface area contributed by atoms with E-state index in [9.17, 15) is 4.79 Å². The first kappa shape index (κ1) is 12.3. The Morgan fingerprint density at radius 3 is 2.76 bits per heavy atom. The van der Waals surface area contributed by atoms with Crippen LogP contribution in [0.1, 0.15) is 18.4 Å². The molecule has 0 saturated heterocycles. The van der Waals surface area contributed by atoms with E-state index >= 15 is 0 Å². The van der Waals surface area contributed by atoms with Gasteiger partial charge in [0.25, 0.3) is 0 Å². The van der Waals surface area contributed by atoms with Crippen LogP contribution in [0, 0.1) is 6.92 Å². The van der Waals surface area contributed by atoms with Gasteiger partial charge in [-0.15, -0.1) is 0 Å². The van der Waals surface area contributed by atoms with E-state index in [1.807, 2.05) is 6.92 Å². The Kier molecular flexibility index (Phi) is 3.96. The quantitative estimate of drug-likeness (QED) is 0.568. The fourth-order valence-electron chi connectivity index (χ4n) is 1.36. The molecule has 0 spiro atoms. The Bertz CT molecular complexity index is 391. The number of primary amides is 1. The topological polar surface area (TPSA) is 80.9 Å². The van der Waals surface area contributed by atoms with Crippen LogP contribution in [-0.4, -0.2) is 33.7 Å². The van der Waals surface area contributed by atoms with Gasteiger partial charge < -0.3 is 11.1 Å². The van der Waals surface area contributed by atoms with Crippen LogP contribution >= 0.6 is 11.8 Å². The van der Waals surface area contributed by atoms with E-state index in [1.165, 1.54) is 11.8 Å². The third kappa shape index (κ3) is 3.98. The molecule has 0 bridgehead atoms. The average Bonchev–Trinajstić information content (AvgIpc) is 3.10. The summed E-state index contributed by atoms with van der Waals surface area (Å²) in [5, 5.41) is 3.90. The molecule has 1 unspecified atom stereocenters. The van der Waals surface area contributed by atoms with Crippen LogP contribution < -0.4 is 11.1 Å². The molecule has 1 aromatic heterocycles. The minimum Gasteiger partial charge on any atom is -0.368 e. The molecule has 1 aromatic rings. The monoisotopic (exact) mass is 252 g/mol. The van der Waals surface area contributed by atoms with Crippen LogP contribution in [0.2, 0.25) is 0 Å². The van der Waals surface area contributed by atoms with Crippen molar-refractivity contribution in [2.45, 2.75) is 37.0 Å². The van der Waals surface area contributed by atoms with Gasteiger partial charge in [-0.2, -0.15) is 0 Å². The molecule has 1 aliphatic carbocycles. The number of nitrogens with zero attached hydrogens (tertiary/aromatic N) is 2. The van der Waals surface area contributed by atoms with Crippen molar-refractivity contribution in [2.24, 2.45) is 5.73 Å². The summed E-state index contributed by atoms with van der Waals surface area (Å²) in [6.07, 6.45) is 5.80. The number of aryl methyl sites for hydroxylation is 1. The maximum atomic E-state index is 11.2. The second-order valence-electron chi connectivity index (χ2n) is 4.25. The lowest BCUT2D eigenvalue weighted by Gasteiger charge is -2.13. The molecular formula is C11H16N4OS. The molecular weight excluding hydrogens is 236 g/mol. The Morgan fingerprint density at radius 2 is 2.24 bits per heavy atom. The van der Waals surface area contributed by atoms with Gasteiger partial charge in [0.1, 0.15) is 0 Å². The molecule has 0 aliphatic heterocycles. The summed E-state index contributed by atoms with van der Waals surface area (Å²) in [6.45, 7) is 1.94. The summed E-state index contributed by atoms with van der Waals surface area (Å²) >= 11 is 1.45. The van der Waals surface area contributed by atoms with Crippen molar-refractivity contribution in [3.05, 3.63) is 18.0 Å². The van der Waals surface area contributed by atoms with Crippen LogP contribution in [0.3, 0.4) is 0 Å². The summed E-state index contributed by atoms with van der Waals surface area (Å²) in [5.74, 6) is 0.269. The lowest BCUT2D eigenvalue weighted by atomic mass is 10.3. The Balaban J connectivity index is 1.85. The lowest BCUT2D eigenvalue weighted by Crippen LogP contribution is -2.44. The number of rotatable bonds is 6. The maximum Gasteiger partial charge on any atom is 0.235 e. The smallest absolute Gasteiger partial charge is 0.235 e. The minimum atomic E-state index is -0.309. The zero-order chi connectivity index (χ0) is 12.3. The maximum absolute atomic E-state index is 11.2. The summed E-state index contributed by atoms with van der Waals surface area (Å²) < 4.78 is 0. The molecule has 6 heteroatoms. The molecule has 1 amide bonds. The van der Waals surface area contributed by atoms with E-state index < -0.39 is 0 Å². The van der Waals surface area contributed by atoms with Crippen LogP contribution in [-0.2, 0) is 4.79 Å². The molecule has 0 radical (unpaired) electrons. The SMILES string of the molecule is Cc1cnc(SCC(NC2CC2)C(N)=O)nc1. The summed E-state index contributed by atoms with van der Waals surface area (Å²) in [7, 11) is 0. The molecule has 17 heavy (non-hydrogen) atoms. The highest BCUT2D eigenvalue weighted by Crippen LogP contribution is 2.21. The molecule has 1 atom stereocenters. The molecule has 3 N–H and O–H groups in total. The number of carbonyl (C=O) groups excluding carboxylic acids is 1. The van der Waals surface area contributed by atoms with Gasteiger partial charge in [0.15, 0.2) is 5.16 Å². The van der Waals surface area contributed by atoms with E-state index in [0.717, 1.165) is 18.4 Å². The normalized spacial score (nSPS) is 16.8. The van der Waals surface area contributed by atoms with Gasteiger partial charge in [0.2, 0.25) is 5.91 Å². The molecule has 0 aromatic carbocycles. The predicted molar refractivity (Wildman–Crippen MR) is 66.6 cm³/mol. The molecule has 2 rings (SSSR count). The number of nitrogens with two attached hydrogens (primary N) is 1. The molecule has 92 valence electrons. The number of hydrogen-bond acceptors (Lipinski definition) is 5. The zero-order valence-electron chi connectivity index (χ0n) is 9.72. The number of thioether (sulfide) groups is 1.